The maximum Gasteiger partial charge on any atom is 0.131 e. The summed E-state index contributed by atoms with van der Waals surface area (Å²) < 4.78 is 18.9. The number of thiazole rings is 1. The number of aromatic nitrogens is 1. The van der Waals surface area contributed by atoms with Crippen LogP contribution in [0.1, 0.15) is 29.2 Å². The summed E-state index contributed by atoms with van der Waals surface area (Å²) in [5.74, 6) is 0.275. The van der Waals surface area contributed by atoms with Gasteiger partial charge in [0, 0.05) is 29.6 Å². The van der Waals surface area contributed by atoms with Crippen molar-refractivity contribution in [1.82, 2.24) is 10.3 Å². The Morgan fingerprint density at radius 1 is 1.47 bits per heavy atom. The van der Waals surface area contributed by atoms with Gasteiger partial charge in [0.2, 0.25) is 0 Å². The fourth-order valence-electron chi connectivity index (χ4n) is 1.84. The maximum absolute atomic E-state index is 13.9. The molecule has 5 heteroatoms. The molecule has 1 N–H and O–H groups in total. The lowest BCUT2D eigenvalue weighted by Crippen LogP contribution is -2.19. The highest BCUT2D eigenvalue weighted by Gasteiger charge is 2.11. The lowest BCUT2D eigenvalue weighted by atomic mass is 10.1. The average molecular weight is 280 g/mol. The molecule has 1 unspecified atom stereocenters. The third kappa shape index (κ3) is 3.52. The summed E-state index contributed by atoms with van der Waals surface area (Å²) in [6.45, 7) is 4.54. The Labute approximate surface area is 116 Å². The van der Waals surface area contributed by atoms with Crippen LogP contribution >= 0.6 is 11.3 Å². The second-order valence-corrected chi connectivity index (χ2v) is 5.41. The molecule has 0 amide bonds. The van der Waals surface area contributed by atoms with E-state index in [0.717, 1.165) is 10.7 Å². The largest absolute Gasteiger partial charge is 0.497 e. The van der Waals surface area contributed by atoms with Gasteiger partial charge in [0.05, 0.1) is 17.8 Å². The van der Waals surface area contributed by atoms with E-state index in [2.05, 4.69) is 10.3 Å². The van der Waals surface area contributed by atoms with Gasteiger partial charge in [0.25, 0.3) is 0 Å². The summed E-state index contributed by atoms with van der Waals surface area (Å²) in [5.41, 5.74) is 1.62. The van der Waals surface area contributed by atoms with E-state index in [-0.39, 0.29) is 11.9 Å². The van der Waals surface area contributed by atoms with E-state index in [4.69, 9.17) is 4.74 Å². The highest BCUT2D eigenvalue weighted by atomic mass is 32.1. The number of methoxy groups -OCH3 is 1. The van der Waals surface area contributed by atoms with Gasteiger partial charge in [0.1, 0.15) is 11.6 Å². The van der Waals surface area contributed by atoms with Crippen LogP contribution < -0.4 is 10.1 Å². The van der Waals surface area contributed by atoms with E-state index >= 15 is 0 Å². The van der Waals surface area contributed by atoms with Crippen LogP contribution in [0.25, 0.3) is 0 Å². The zero-order chi connectivity index (χ0) is 13.8. The lowest BCUT2D eigenvalue weighted by Gasteiger charge is -2.15. The Morgan fingerprint density at radius 3 is 2.84 bits per heavy atom. The molecular formula is C14H17FN2OS. The first-order chi connectivity index (χ1) is 9.10. The molecule has 0 fully saturated rings. The molecule has 0 saturated carbocycles. The van der Waals surface area contributed by atoms with Gasteiger partial charge in [-0.15, -0.1) is 11.3 Å². The zero-order valence-electron chi connectivity index (χ0n) is 11.2. The Bertz CT molecular complexity index is 556. The fraction of sp³-hybridized carbons (Fsp3) is 0.357. The van der Waals surface area contributed by atoms with Crippen LogP contribution in [0, 0.1) is 12.7 Å². The Kier molecular flexibility index (Phi) is 4.50. The van der Waals surface area contributed by atoms with Crippen LogP contribution in [-0.2, 0) is 6.54 Å². The predicted octanol–water partition coefficient (Wildman–Crippen LogP) is 3.45. The monoisotopic (exact) mass is 280 g/mol. The number of benzene rings is 1. The molecule has 0 saturated heterocycles. The van der Waals surface area contributed by atoms with E-state index < -0.39 is 0 Å². The average Bonchev–Trinajstić information content (AvgIpc) is 2.81. The second-order valence-electron chi connectivity index (χ2n) is 4.35. The standard InChI is InChI=1S/C14H17FN2OS/c1-9(16-7-11-8-19-10(2)17-11)13-5-4-12(18-3)6-14(13)15/h4-6,8-9,16H,7H2,1-3H3. The van der Waals surface area contributed by atoms with Gasteiger partial charge in [-0.1, -0.05) is 6.07 Å². The van der Waals surface area contributed by atoms with Crippen molar-refractivity contribution in [3.63, 3.8) is 0 Å². The summed E-state index contributed by atoms with van der Waals surface area (Å²) in [7, 11) is 1.53. The molecule has 2 aromatic rings. The Balaban J connectivity index is 2.01. The van der Waals surface area contributed by atoms with E-state index in [9.17, 15) is 4.39 Å². The van der Waals surface area contributed by atoms with Crippen molar-refractivity contribution >= 4 is 11.3 Å². The minimum absolute atomic E-state index is 0.0760. The Hall–Kier alpha value is -1.46. The van der Waals surface area contributed by atoms with Crippen molar-refractivity contribution in [3.8, 4) is 5.75 Å². The molecule has 0 aliphatic heterocycles. The molecule has 2 rings (SSSR count). The molecule has 0 radical (unpaired) electrons. The van der Waals surface area contributed by atoms with Crippen molar-refractivity contribution in [2.24, 2.45) is 0 Å². The van der Waals surface area contributed by atoms with Crippen LogP contribution in [0.15, 0.2) is 23.6 Å². The van der Waals surface area contributed by atoms with Crippen LogP contribution in [0.2, 0.25) is 0 Å². The quantitative estimate of drug-likeness (QED) is 0.911. The number of aryl methyl sites for hydroxylation is 1. The number of hydrogen-bond acceptors (Lipinski definition) is 4. The van der Waals surface area contributed by atoms with Crippen molar-refractivity contribution in [3.05, 3.63) is 45.7 Å². The van der Waals surface area contributed by atoms with Gasteiger partial charge in [-0.05, 0) is 19.9 Å². The number of hydrogen-bond donors (Lipinski definition) is 1. The van der Waals surface area contributed by atoms with Crippen LogP contribution in [-0.4, -0.2) is 12.1 Å². The molecule has 0 spiro atoms. The van der Waals surface area contributed by atoms with Gasteiger partial charge in [0.15, 0.2) is 0 Å². The maximum atomic E-state index is 13.9. The molecule has 0 bridgehead atoms. The number of rotatable bonds is 5. The number of halogens is 1. The molecule has 3 nitrogen and oxygen atoms in total. The van der Waals surface area contributed by atoms with Crippen LogP contribution in [0.3, 0.4) is 0 Å². The molecule has 1 aromatic heterocycles. The fourth-order valence-corrected chi connectivity index (χ4v) is 2.46. The molecule has 19 heavy (non-hydrogen) atoms. The van der Waals surface area contributed by atoms with Gasteiger partial charge >= 0.3 is 0 Å². The molecule has 1 aromatic carbocycles. The summed E-state index contributed by atoms with van der Waals surface area (Å²) in [6, 6.07) is 4.84. The van der Waals surface area contributed by atoms with Crippen molar-refractivity contribution in [2.45, 2.75) is 26.4 Å². The van der Waals surface area contributed by atoms with E-state index in [1.54, 1.807) is 23.5 Å². The number of nitrogens with one attached hydrogen (secondary N) is 1. The van der Waals surface area contributed by atoms with Crippen molar-refractivity contribution in [1.29, 1.82) is 0 Å². The van der Waals surface area contributed by atoms with Crippen LogP contribution in [0.5, 0.6) is 5.75 Å². The molecule has 1 heterocycles. The van der Waals surface area contributed by atoms with Gasteiger partial charge in [-0.25, -0.2) is 9.37 Å². The van der Waals surface area contributed by atoms with E-state index in [1.165, 1.54) is 13.2 Å². The van der Waals surface area contributed by atoms with E-state index in [1.807, 2.05) is 19.2 Å². The Morgan fingerprint density at radius 2 is 2.26 bits per heavy atom. The highest BCUT2D eigenvalue weighted by Crippen LogP contribution is 2.22. The molecule has 0 aliphatic carbocycles. The second kappa shape index (κ2) is 6.12. The summed E-state index contributed by atoms with van der Waals surface area (Å²) in [6.07, 6.45) is 0. The predicted molar refractivity (Wildman–Crippen MR) is 75.1 cm³/mol. The lowest BCUT2D eigenvalue weighted by molar-refractivity contribution is 0.409. The van der Waals surface area contributed by atoms with E-state index in [0.29, 0.717) is 17.9 Å². The van der Waals surface area contributed by atoms with Crippen molar-refractivity contribution in [2.75, 3.05) is 7.11 Å². The SMILES string of the molecule is COc1ccc(C(C)NCc2csc(C)n2)c(F)c1. The molecule has 0 aliphatic rings. The first-order valence-corrected chi connectivity index (χ1v) is 6.96. The van der Waals surface area contributed by atoms with Gasteiger partial charge in [-0.3, -0.25) is 0 Å². The smallest absolute Gasteiger partial charge is 0.131 e. The molecule has 1 atom stereocenters. The van der Waals surface area contributed by atoms with Gasteiger partial charge in [-0.2, -0.15) is 0 Å². The normalized spacial score (nSPS) is 12.4. The van der Waals surface area contributed by atoms with Crippen LogP contribution in [0.4, 0.5) is 4.39 Å². The third-order valence-electron chi connectivity index (χ3n) is 2.93. The third-order valence-corrected chi connectivity index (χ3v) is 3.75. The van der Waals surface area contributed by atoms with Gasteiger partial charge < -0.3 is 10.1 Å². The summed E-state index contributed by atoms with van der Waals surface area (Å²) >= 11 is 1.62. The van der Waals surface area contributed by atoms with Crippen molar-refractivity contribution < 1.29 is 9.13 Å². The minimum atomic E-state index is -0.256. The topological polar surface area (TPSA) is 34.1 Å². The summed E-state index contributed by atoms with van der Waals surface area (Å²) in [4.78, 5) is 4.37. The number of ether oxygens (including phenoxy) is 1. The molecular weight excluding hydrogens is 263 g/mol. The summed E-state index contributed by atoms with van der Waals surface area (Å²) in [5, 5.41) is 6.33. The first kappa shape index (κ1) is 14.0. The zero-order valence-corrected chi connectivity index (χ0v) is 12.1. The molecule has 102 valence electrons. The minimum Gasteiger partial charge on any atom is -0.497 e. The highest BCUT2D eigenvalue weighted by molar-refractivity contribution is 7.09. The first-order valence-electron chi connectivity index (χ1n) is 6.08. The number of nitrogens with zero attached hydrogens (tertiary/aromatic N) is 1.